The molecule has 0 aromatic heterocycles. The number of carbonyl (C=O) groups is 3. The Hall–Kier alpha value is -3.40. The number of para-hydroxylation sites is 1. The van der Waals surface area contributed by atoms with E-state index < -0.39 is 75.4 Å². The van der Waals surface area contributed by atoms with Gasteiger partial charge in [-0.2, -0.15) is 0 Å². The molecule has 1 aliphatic heterocycles. The molecule has 1 heterocycles. The molecular formula is C29H39N2O13P. The fourth-order valence-electron chi connectivity index (χ4n) is 4.59. The number of hydrogen-bond acceptors (Lipinski definition) is 13. The van der Waals surface area contributed by atoms with Crippen molar-refractivity contribution in [3.63, 3.8) is 0 Å². The van der Waals surface area contributed by atoms with Gasteiger partial charge in [0.25, 0.3) is 0 Å². The van der Waals surface area contributed by atoms with Crippen molar-refractivity contribution in [3.8, 4) is 5.75 Å². The van der Waals surface area contributed by atoms with Crippen LogP contribution in [-0.4, -0.2) is 87.7 Å². The molecule has 16 heteroatoms. The summed E-state index contributed by atoms with van der Waals surface area (Å²) in [6, 6.07) is 12.4. The highest BCUT2D eigenvalue weighted by molar-refractivity contribution is 7.46. The van der Waals surface area contributed by atoms with Crippen LogP contribution in [0.4, 0.5) is 5.69 Å². The molecule has 0 amide bonds. The summed E-state index contributed by atoms with van der Waals surface area (Å²) < 4.78 is 39.2. The van der Waals surface area contributed by atoms with Crippen LogP contribution in [0, 0.1) is 0 Å². The van der Waals surface area contributed by atoms with Gasteiger partial charge < -0.3 is 50.4 Å². The first-order valence-corrected chi connectivity index (χ1v) is 15.8. The van der Waals surface area contributed by atoms with Crippen molar-refractivity contribution < 1.29 is 62.4 Å². The average molecular weight is 655 g/mol. The van der Waals surface area contributed by atoms with Gasteiger partial charge in [0.2, 0.25) is 6.29 Å². The number of phosphoric ester groups is 1. The second-order valence-electron chi connectivity index (χ2n) is 10.4. The Morgan fingerprint density at radius 3 is 2.38 bits per heavy atom. The highest BCUT2D eigenvalue weighted by Gasteiger charge is 2.52. The molecule has 2 aromatic rings. The number of benzene rings is 2. The van der Waals surface area contributed by atoms with Crippen molar-refractivity contribution in [2.24, 2.45) is 5.73 Å². The summed E-state index contributed by atoms with van der Waals surface area (Å²) in [5, 5.41) is 20.9. The Balaban J connectivity index is 1.86. The van der Waals surface area contributed by atoms with Crippen molar-refractivity contribution in [1.29, 1.82) is 0 Å². The largest absolute Gasteiger partial charge is 0.470 e. The van der Waals surface area contributed by atoms with Crippen LogP contribution >= 0.6 is 7.82 Å². The lowest BCUT2D eigenvalue weighted by molar-refractivity contribution is -0.274. The molecular weight excluding hydrogens is 615 g/mol. The van der Waals surface area contributed by atoms with Gasteiger partial charge in [0, 0.05) is 12.1 Å². The Labute approximate surface area is 259 Å². The average Bonchev–Trinajstić information content (AvgIpc) is 2.96. The maximum atomic E-state index is 13.1. The number of hydrogen-bond donors (Lipinski definition) is 6. The van der Waals surface area contributed by atoms with E-state index >= 15 is 0 Å². The van der Waals surface area contributed by atoms with Crippen LogP contribution < -0.4 is 16.2 Å². The molecule has 8 N–H and O–H groups in total. The summed E-state index contributed by atoms with van der Waals surface area (Å²) in [5.74, 6) is -2.42. The number of carbonyl (C=O) groups excluding carboxylic acids is 3. The second-order valence-corrected chi connectivity index (χ2v) is 11.6. The lowest BCUT2D eigenvalue weighted by Crippen LogP contribution is -2.62. The number of ketones is 1. The fourth-order valence-corrected chi connectivity index (χ4v) is 5.15. The van der Waals surface area contributed by atoms with Crippen LogP contribution in [0.2, 0.25) is 0 Å². The number of ether oxygens (including phenoxy) is 4. The summed E-state index contributed by atoms with van der Waals surface area (Å²) in [5.41, 5.74) is 12.3. The molecule has 1 fully saturated rings. The molecule has 3 rings (SSSR count). The van der Waals surface area contributed by atoms with E-state index in [1.165, 1.54) is 18.2 Å². The van der Waals surface area contributed by atoms with Crippen LogP contribution in [0.5, 0.6) is 5.75 Å². The van der Waals surface area contributed by atoms with Crippen LogP contribution in [0.15, 0.2) is 48.5 Å². The van der Waals surface area contributed by atoms with E-state index in [0.717, 1.165) is 5.56 Å². The monoisotopic (exact) mass is 654 g/mol. The van der Waals surface area contributed by atoms with E-state index in [0.29, 0.717) is 25.8 Å². The lowest BCUT2D eigenvalue weighted by Gasteiger charge is -2.43. The SMILES string of the molecule is CCCC(O)CC(=O)CC(=O)OC[C@H]1O[C@@H](Oc2ccc(CCN)cc2)[C@H](OC(=O)c2ccccc2N)[C@@H](OP(=O)(O)O)[C@@H]1O. The normalized spacial score (nSPS) is 22.3. The van der Waals surface area contributed by atoms with E-state index in [-0.39, 0.29) is 23.4 Å². The lowest BCUT2D eigenvalue weighted by atomic mass is 9.98. The first-order chi connectivity index (χ1) is 21.3. The molecule has 2 aromatic carbocycles. The third kappa shape index (κ3) is 11.2. The predicted octanol–water partition coefficient (Wildman–Crippen LogP) is 0.992. The van der Waals surface area contributed by atoms with Gasteiger partial charge in [-0.1, -0.05) is 37.6 Å². The van der Waals surface area contributed by atoms with E-state index in [4.69, 9.17) is 34.9 Å². The fraction of sp³-hybridized carbons (Fsp3) is 0.483. The molecule has 0 aliphatic carbocycles. The first kappa shape index (κ1) is 36.1. The van der Waals surface area contributed by atoms with Gasteiger partial charge in [-0.3, -0.25) is 14.1 Å². The van der Waals surface area contributed by atoms with Gasteiger partial charge in [0.05, 0.1) is 11.7 Å². The van der Waals surface area contributed by atoms with Crippen molar-refractivity contribution in [2.45, 2.75) is 75.8 Å². The van der Waals surface area contributed by atoms with Crippen LogP contribution in [0.25, 0.3) is 0 Å². The maximum Gasteiger partial charge on any atom is 0.470 e. The van der Waals surface area contributed by atoms with E-state index in [2.05, 4.69) is 0 Å². The van der Waals surface area contributed by atoms with Crippen molar-refractivity contribution in [3.05, 3.63) is 59.7 Å². The first-order valence-electron chi connectivity index (χ1n) is 14.2. The zero-order valence-electron chi connectivity index (χ0n) is 24.6. The van der Waals surface area contributed by atoms with Gasteiger partial charge in [0.1, 0.15) is 42.9 Å². The third-order valence-electron chi connectivity index (χ3n) is 6.75. The van der Waals surface area contributed by atoms with Crippen molar-refractivity contribution in [1.82, 2.24) is 0 Å². The highest BCUT2D eigenvalue weighted by Crippen LogP contribution is 2.42. The number of phosphoric acid groups is 1. The molecule has 248 valence electrons. The Morgan fingerprint density at radius 2 is 1.76 bits per heavy atom. The maximum absolute atomic E-state index is 13.1. The zero-order valence-corrected chi connectivity index (χ0v) is 25.5. The highest BCUT2D eigenvalue weighted by atomic mass is 31.2. The number of esters is 2. The molecule has 1 unspecified atom stereocenters. The molecule has 0 spiro atoms. The molecule has 0 radical (unpaired) electrons. The van der Waals surface area contributed by atoms with Gasteiger partial charge in [-0.15, -0.1) is 0 Å². The summed E-state index contributed by atoms with van der Waals surface area (Å²) >= 11 is 0. The van der Waals surface area contributed by atoms with Gasteiger partial charge in [0.15, 0.2) is 6.10 Å². The van der Waals surface area contributed by atoms with Crippen molar-refractivity contribution in [2.75, 3.05) is 18.9 Å². The minimum Gasteiger partial charge on any atom is -0.462 e. The molecule has 0 bridgehead atoms. The number of aliphatic hydroxyl groups is 2. The number of Topliss-reactive ketones (excluding diaryl/α,β-unsaturated/α-hetero) is 1. The number of rotatable bonds is 16. The summed E-state index contributed by atoms with van der Waals surface area (Å²) in [6.07, 6.45) is -9.07. The zero-order chi connectivity index (χ0) is 33.1. The van der Waals surface area contributed by atoms with Crippen LogP contribution in [-0.2, 0) is 39.3 Å². The minimum atomic E-state index is -5.34. The van der Waals surface area contributed by atoms with E-state index in [1.807, 2.05) is 6.92 Å². The standard InChI is InChI=1S/C29H39N2O13P/c1-2-5-18(32)14-19(33)15-24(34)40-16-23-25(35)26(44-45(37,38)39)27(43-28(36)21-6-3-4-7-22(21)31)29(42-23)41-20-10-8-17(9-11-20)12-13-30/h3-4,6-11,18,23,25-27,29,32,35H,2,5,12-16,30-31H2,1H3,(H2,37,38,39)/t18?,23-,25-,26+,27-,29-/m1/s1. The third-order valence-corrected chi connectivity index (χ3v) is 7.26. The molecule has 15 nitrogen and oxygen atoms in total. The van der Waals surface area contributed by atoms with E-state index in [1.54, 1.807) is 30.3 Å². The quantitative estimate of drug-likeness (QED) is 0.0639. The number of aliphatic hydroxyl groups excluding tert-OH is 2. The molecule has 45 heavy (non-hydrogen) atoms. The molecule has 1 aliphatic rings. The van der Waals surface area contributed by atoms with Gasteiger partial charge in [-0.25, -0.2) is 9.36 Å². The molecule has 1 saturated heterocycles. The van der Waals surface area contributed by atoms with E-state index in [9.17, 15) is 38.9 Å². The Kier molecular flexibility index (Phi) is 13.4. The van der Waals surface area contributed by atoms with Crippen molar-refractivity contribution >= 4 is 31.2 Å². The summed E-state index contributed by atoms with van der Waals surface area (Å²) in [6.45, 7) is 1.53. The smallest absolute Gasteiger partial charge is 0.462 e. The summed E-state index contributed by atoms with van der Waals surface area (Å²) in [4.78, 5) is 56.9. The Morgan fingerprint density at radius 1 is 1.07 bits per heavy atom. The number of nitrogen functional groups attached to an aromatic ring is 1. The second kappa shape index (κ2) is 16.8. The van der Waals surface area contributed by atoms with Crippen LogP contribution in [0.1, 0.15) is 48.5 Å². The van der Waals surface area contributed by atoms with Gasteiger partial charge in [-0.05, 0) is 49.2 Å². The topological polar surface area (TPSA) is 247 Å². The van der Waals surface area contributed by atoms with Crippen LogP contribution in [0.3, 0.4) is 0 Å². The summed E-state index contributed by atoms with van der Waals surface area (Å²) in [7, 11) is -5.34. The molecule has 0 saturated carbocycles. The predicted molar refractivity (Wildman–Crippen MR) is 158 cm³/mol. The number of nitrogens with two attached hydrogens (primary N) is 2. The minimum absolute atomic E-state index is 0.0433. The molecule has 6 atom stereocenters. The van der Waals surface area contributed by atoms with Gasteiger partial charge >= 0.3 is 19.8 Å². The number of anilines is 1. The Bertz CT molecular complexity index is 1340.